The van der Waals surface area contributed by atoms with Crippen molar-refractivity contribution in [2.75, 3.05) is 0 Å². The maximum Gasteiger partial charge on any atom is 0.261 e. The molecule has 0 aliphatic heterocycles. The van der Waals surface area contributed by atoms with Gasteiger partial charge in [-0.1, -0.05) is 61.9 Å². The van der Waals surface area contributed by atoms with E-state index in [1.54, 1.807) is 0 Å². The highest BCUT2D eigenvalue weighted by Gasteiger charge is 2.22. The van der Waals surface area contributed by atoms with Crippen LogP contribution in [0.25, 0.3) is 0 Å². The number of carbonyl (C=O) groups excluding carboxylic acids is 1. The third kappa shape index (κ3) is 4.60. The minimum absolute atomic E-state index is 0.00706. The Morgan fingerprint density at radius 2 is 1.67 bits per heavy atom. The molecule has 0 unspecified atom stereocenters. The lowest BCUT2D eigenvalue weighted by molar-refractivity contribution is -0.129. The highest BCUT2D eigenvalue weighted by Crippen LogP contribution is 2.21. The number of rotatable bonds is 7. The molecule has 1 N–H and O–H groups in total. The van der Waals surface area contributed by atoms with Crippen LogP contribution in [-0.4, -0.2) is 12.0 Å². The minimum atomic E-state index is -0.481. The van der Waals surface area contributed by atoms with Crippen molar-refractivity contribution < 1.29 is 9.53 Å². The van der Waals surface area contributed by atoms with Gasteiger partial charge in [-0.15, -0.1) is 0 Å². The van der Waals surface area contributed by atoms with Gasteiger partial charge in [0.2, 0.25) is 0 Å². The van der Waals surface area contributed by atoms with Crippen molar-refractivity contribution in [2.45, 2.75) is 52.7 Å². The van der Waals surface area contributed by atoms with Crippen LogP contribution in [0.5, 0.6) is 5.75 Å². The molecule has 2 rings (SSSR count). The van der Waals surface area contributed by atoms with E-state index in [1.165, 1.54) is 5.56 Å². The van der Waals surface area contributed by atoms with E-state index in [-0.39, 0.29) is 11.9 Å². The number of benzene rings is 2. The Morgan fingerprint density at radius 1 is 1.00 bits per heavy atom. The molecule has 0 aliphatic rings. The lowest BCUT2D eigenvalue weighted by Crippen LogP contribution is -2.40. The molecule has 0 aromatic heterocycles. The maximum absolute atomic E-state index is 12.7. The number of ether oxygens (including phenoxy) is 1. The van der Waals surface area contributed by atoms with Crippen LogP contribution >= 0.6 is 0 Å². The van der Waals surface area contributed by atoms with Crippen molar-refractivity contribution in [1.29, 1.82) is 0 Å². The summed E-state index contributed by atoms with van der Waals surface area (Å²) < 4.78 is 5.94. The molecule has 0 bridgehead atoms. The molecule has 1 amide bonds. The SMILES string of the molecule is CC[C@@H](Oc1ccccc1C)C(=O)N[C@H](CC)c1ccc(C)cc1. The van der Waals surface area contributed by atoms with Crippen molar-refractivity contribution >= 4 is 5.91 Å². The molecule has 24 heavy (non-hydrogen) atoms. The number of hydrogen-bond donors (Lipinski definition) is 1. The van der Waals surface area contributed by atoms with Gasteiger partial charge in [-0.25, -0.2) is 0 Å². The molecule has 2 atom stereocenters. The largest absolute Gasteiger partial charge is 0.480 e. The van der Waals surface area contributed by atoms with Gasteiger partial charge in [0, 0.05) is 0 Å². The summed E-state index contributed by atoms with van der Waals surface area (Å²) in [7, 11) is 0. The number of aryl methyl sites for hydroxylation is 2. The molecule has 0 saturated heterocycles. The Hall–Kier alpha value is -2.29. The fourth-order valence-corrected chi connectivity index (χ4v) is 2.65. The normalized spacial score (nSPS) is 13.2. The highest BCUT2D eigenvalue weighted by molar-refractivity contribution is 5.81. The molecule has 0 saturated carbocycles. The van der Waals surface area contributed by atoms with Gasteiger partial charge >= 0.3 is 0 Å². The second-order valence-corrected chi connectivity index (χ2v) is 6.16. The van der Waals surface area contributed by atoms with Crippen molar-refractivity contribution in [2.24, 2.45) is 0 Å². The number of nitrogens with one attached hydrogen (secondary N) is 1. The fraction of sp³-hybridized carbons (Fsp3) is 0.381. The number of para-hydroxylation sites is 1. The summed E-state index contributed by atoms with van der Waals surface area (Å²) in [6, 6.07) is 16.1. The van der Waals surface area contributed by atoms with E-state index in [1.807, 2.05) is 38.1 Å². The Morgan fingerprint density at radius 3 is 2.25 bits per heavy atom. The van der Waals surface area contributed by atoms with Gasteiger partial charge < -0.3 is 10.1 Å². The zero-order chi connectivity index (χ0) is 17.5. The van der Waals surface area contributed by atoms with Gasteiger partial charge in [0.15, 0.2) is 6.10 Å². The molecule has 0 aliphatic carbocycles. The van der Waals surface area contributed by atoms with E-state index in [2.05, 4.69) is 43.4 Å². The van der Waals surface area contributed by atoms with Crippen LogP contribution in [0.2, 0.25) is 0 Å². The Labute approximate surface area is 145 Å². The van der Waals surface area contributed by atoms with Gasteiger partial charge in [0.1, 0.15) is 5.75 Å². The molecule has 2 aromatic rings. The Balaban J connectivity index is 2.07. The van der Waals surface area contributed by atoms with Crippen LogP contribution in [0.3, 0.4) is 0 Å². The smallest absolute Gasteiger partial charge is 0.261 e. The predicted octanol–water partition coefficient (Wildman–Crippen LogP) is 4.73. The van der Waals surface area contributed by atoms with Crippen molar-refractivity contribution in [3.63, 3.8) is 0 Å². The number of hydrogen-bond acceptors (Lipinski definition) is 2. The summed E-state index contributed by atoms with van der Waals surface area (Å²) in [4.78, 5) is 12.7. The van der Waals surface area contributed by atoms with E-state index in [4.69, 9.17) is 4.74 Å². The quantitative estimate of drug-likeness (QED) is 0.799. The fourth-order valence-electron chi connectivity index (χ4n) is 2.65. The first-order valence-corrected chi connectivity index (χ1v) is 8.64. The Kier molecular flexibility index (Phi) is 6.42. The molecule has 128 valence electrons. The lowest BCUT2D eigenvalue weighted by atomic mass is 10.0. The number of carbonyl (C=O) groups is 1. The molecular formula is C21H27NO2. The first-order valence-electron chi connectivity index (χ1n) is 8.64. The van der Waals surface area contributed by atoms with Gasteiger partial charge in [0.25, 0.3) is 5.91 Å². The van der Waals surface area contributed by atoms with Gasteiger partial charge in [-0.05, 0) is 43.9 Å². The van der Waals surface area contributed by atoms with E-state index < -0.39 is 6.10 Å². The van der Waals surface area contributed by atoms with E-state index in [9.17, 15) is 4.79 Å². The highest BCUT2D eigenvalue weighted by atomic mass is 16.5. The molecule has 2 aromatic carbocycles. The van der Waals surface area contributed by atoms with Crippen molar-refractivity contribution in [3.8, 4) is 5.75 Å². The van der Waals surface area contributed by atoms with Crippen LogP contribution < -0.4 is 10.1 Å². The summed E-state index contributed by atoms with van der Waals surface area (Å²) >= 11 is 0. The van der Waals surface area contributed by atoms with Crippen LogP contribution in [0.4, 0.5) is 0 Å². The molecule has 3 nitrogen and oxygen atoms in total. The molecule has 0 spiro atoms. The molecule has 0 fully saturated rings. The summed E-state index contributed by atoms with van der Waals surface area (Å²) in [6.07, 6.45) is 0.991. The van der Waals surface area contributed by atoms with Crippen molar-refractivity contribution in [3.05, 3.63) is 65.2 Å². The van der Waals surface area contributed by atoms with Crippen LogP contribution in [-0.2, 0) is 4.79 Å². The third-order valence-corrected chi connectivity index (χ3v) is 4.23. The average molecular weight is 325 g/mol. The molecule has 0 radical (unpaired) electrons. The second kappa shape index (κ2) is 8.53. The van der Waals surface area contributed by atoms with E-state index in [0.717, 1.165) is 23.3 Å². The maximum atomic E-state index is 12.7. The topological polar surface area (TPSA) is 38.3 Å². The minimum Gasteiger partial charge on any atom is -0.480 e. The summed E-state index contributed by atoms with van der Waals surface area (Å²) in [5.41, 5.74) is 3.38. The molecular weight excluding hydrogens is 298 g/mol. The second-order valence-electron chi connectivity index (χ2n) is 6.16. The lowest BCUT2D eigenvalue weighted by Gasteiger charge is -2.23. The summed E-state index contributed by atoms with van der Waals surface area (Å²) in [5.74, 6) is 0.705. The average Bonchev–Trinajstić information content (AvgIpc) is 2.59. The predicted molar refractivity (Wildman–Crippen MR) is 98.2 cm³/mol. The third-order valence-electron chi connectivity index (χ3n) is 4.23. The van der Waals surface area contributed by atoms with Crippen molar-refractivity contribution in [1.82, 2.24) is 5.32 Å². The monoisotopic (exact) mass is 325 g/mol. The zero-order valence-electron chi connectivity index (χ0n) is 15.0. The van der Waals surface area contributed by atoms with E-state index >= 15 is 0 Å². The first kappa shape index (κ1) is 18.1. The molecule has 3 heteroatoms. The van der Waals surface area contributed by atoms with Crippen LogP contribution in [0, 0.1) is 13.8 Å². The van der Waals surface area contributed by atoms with Crippen LogP contribution in [0.15, 0.2) is 48.5 Å². The summed E-state index contributed by atoms with van der Waals surface area (Å²) in [5, 5.41) is 3.13. The number of amides is 1. The standard InChI is InChI=1S/C21H27NO2/c1-5-18(17-13-11-15(3)12-14-17)22-21(23)19(6-2)24-20-10-8-7-9-16(20)4/h7-14,18-19H,5-6H2,1-4H3,(H,22,23)/t18-,19-/m1/s1. The van der Waals surface area contributed by atoms with Crippen LogP contribution in [0.1, 0.15) is 49.4 Å². The Bertz CT molecular complexity index is 664. The van der Waals surface area contributed by atoms with E-state index in [0.29, 0.717) is 6.42 Å². The van der Waals surface area contributed by atoms with Gasteiger partial charge in [-0.2, -0.15) is 0 Å². The first-order chi connectivity index (χ1) is 11.5. The zero-order valence-corrected chi connectivity index (χ0v) is 15.0. The van der Waals surface area contributed by atoms with Gasteiger partial charge in [-0.3, -0.25) is 4.79 Å². The molecule has 0 heterocycles. The van der Waals surface area contributed by atoms with Gasteiger partial charge in [0.05, 0.1) is 6.04 Å². The summed E-state index contributed by atoms with van der Waals surface area (Å²) in [6.45, 7) is 8.09.